The van der Waals surface area contributed by atoms with Crippen molar-refractivity contribution in [1.82, 2.24) is 14.9 Å². The van der Waals surface area contributed by atoms with Crippen LogP contribution >= 0.6 is 11.3 Å². The minimum atomic E-state index is -0.252. The van der Waals surface area contributed by atoms with Crippen LogP contribution in [0.3, 0.4) is 0 Å². The van der Waals surface area contributed by atoms with E-state index in [1.54, 1.807) is 11.3 Å². The van der Waals surface area contributed by atoms with Crippen molar-refractivity contribution in [3.8, 4) is 0 Å². The fourth-order valence-electron chi connectivity index (χ4n) is 4.32. The summed E-state index contributed by atoms with van der Waals surface area (Å²) < 4.78 is 0.966. The highest BCUT2D eigenvalue weighted by Crippen LogP contribution is 2.32. The molecule has 8 heteroatoms. The van der Waals surface area contributed by atoms with Crippen LogP contribution in [0.1, 0.15) is 24.3 Å². The normalized spacial score (nSPS) is 14.5. The van der Waals surface area contributed by atoms with Crippen molar-refractivity contribution in [3.63, 3.8) is 0 Å². The van der Waals surface area contributed by atoms with Crippen molar-refractivity contribution in [2.24, 2.45) is 0 Å². The van der Waals surface area contributed by atoms with Gasteiger partial charge in [-0.15, -0.1) is 11.3 Å². The van der Waals surface area contributed by atoms with Crippen molar-refractivity contribution in [1.29, 1.82) is 0 Å². The SMILES string of the molecule is C=CC(=O)Nc1cccc(Nc2nc(Nc3ccc(C4CCN(C)CC4)cc3)nc3ccsc23)c1. The molecule has 0 spiro atoms. The molecule has 4 aromatic rings. The Kier molecular flexibility index (Phi) is 6.74. The zero-order valence-electron chi connectivity index (χ0n) is 19.6. The third-order valence-electron chi connectivity index (χ3n) is 6.24. The summed E-state index contributed by atoms with van der Waals surface area (Å²) in [5.41, 5.74) is 4.71. The van der Waals surface area contributed by atoms with Gasteiger partial charge in [0, 0.05) is 17.1 Å². The highest BCUT2D eigenvalue weighted by molar-refractivity contribution is 7.17. The topological polar surface area (TPSA) is 82.2 Å². The van der Waals surface area contributed by atoms with Crippen LogP contribution in [0, 0.1) is 0 Å². The number of aromatic nitrogens is 2. The zero-order chi connectivity index (χ0) is 24.2. The fourth-order valence-corrected chi connectivity index (χ4v) is 5.09. The molecule has 0 bridgehead atoms. The summed E-state index contributed by atoms with van der Waals surface area (Å²) in [7, 11) is 2.19. The van der Waals surface area contributed by atoms with Crippen LogP contribution in [0.25, 0.3) is 10.2 Å². The molecule has 1 aliphatic rings. The molecule has 0 atom stereocenters. The Morgan fingerprint density at radius 3 is 2.57 bits per heavy atom. The first-order chi connectivity index (χ1) is 17.1. The molecule has 178 valence electrons. The van der Waals surface area contributed by atoms with Gasteiger partial charge in [-0.1, -0.05) is 24.8 Å². The van der Waals surface area contributed by atoms with Crippen LogP contribution in [-0.2, 0) is 4.79 Å². The number of hydrogen-bond acceptors (Lipinski definition) is 7. The molecule has 1 saturated heterocycles. The molecule has 3 heterocycles. The monoisotopic (exact) mass is 484 g/mol. The van der Waals surface area contributed by atoms with Gasteiger partial charge in [0.05, 0.1) is 10.2 Å². The quantitative estimate of drug-likeness (QED) is 0.275. The van der Waals surface area contributed by atoms with Gasteiger partial charge >= 0.3 is 0 Å². The summed E-state index contributed by atoms with van der Waals surface area (Å²) in [4.78, 5) is 23.5. The van der Waals surface area contributed by atoms with Crippen LogP contribution in [0.2, 0.25) is 0 Å². The van der Waals surface area contributed by atoms with Gasteiger partial charge in [-0.05, 0) is 92.3 Å². The first kappa shape index (κ1) is 23.0. The summed E-state index contributed by atoms with van der Waals surface area (Å²) in [5, 5.41) is 11.5. The molecule has 1 amide bonds. The van der Waals surface area contributed by atoms with Gasteiger partial charge in [0.25, 0.3) is 0 Å². The summed E-state index contributed by atoms with van der Waals surface area (Å²) in [6, 6.07) is 18.1. The van der Waals surface area contributed by atoms with Gasteiger partial charge in [-0.2, -0.15) is 4.98 Å². The van der Waals surface area contributed by atoms with Crippen molar-refractivity contribution in [2.75, 3.05) is 36.1 Å². The third kappa shape index (κ3) is 5.50. The Hall–Kier alpha value is -3.75. The van der Waals surface area contributed by atoms with E-state index in [9.17, 15) is 4.79 Å². The molecule has 5 rings (SSSR count). The Morgan fingerprint density at radius 1 is 1.03 bits per heavy atom. The third-order valence-corrected chi connectivity index (χ3v) is 7.15. The summed E-state index contributed by atoms with van der Waals surface area (Å²) in [6.07, 6.45) is 3.65. The summed E-state index contributed by atoms with van der Waals surface area (Å²) >= 11 is 1.58. The maximum Gasteiger partial charge on any atom is 0.247 e. The lowest BCUT2D eigenvalue weighted by Gasteiger charge is -2.29. The Bertz CT molecular complexity index is 1340. The van der Waals surface area contributed by atoms with Crippen LogP contribution in [0.15, 0.2) is 72.6 Å². The lowest BCUT2D eigenvalue weighted by Crippen LogP contribution is -2.29. The van der Waals surface area contributed by atoms with E-state index in [0.717, 1.165) is 34.7 Å². The van der Waals surface area contributed by atoms with Gasteiger partial charge < -0.3 is 20.9 Å². The predicted octanol–water partition coefficient (Wildman–Crippen LogP) is 6.11. The van der Waals surface area contributed by atoms with E-state index in [1.807, 2.05) is 35.7 Å². The highest BCUT2D eigenvalue weighted by atomic mass is 32.1. The molecule has 1 aliphatic heterocycles. The molecule has 1 fully saturated rings. The summed E-state index contributed by atoms with van der Waals surface area (Å²) in [6.45, 7) is 5.80. The van der Waals surface area contributed by atoms with E-state index < -0.39 is 0 Å². The number of hydrogen-bond donors (Lipinski definition) is 3. The van der Waals surface area contributed by atoms with Crippen molar-refractivity contribution >= 4 is 56.3 Å². The standard InChI is InChI=1S/C27H28N6OS/c1-3-24(34)28-21-5-4-6-22(17-21)29-26-25-23(13-16-35-25)31-27(32-26)30-20-9-7-18(8-10-20)19-11-14-33(2)15-12-19/h3-10,13,16-17,19H,1,11-12,14-15H2,2H3,(H,28,34)(H2,29,30,31,32). The average molecular weight is 485 g/mol. The molecule has 2 aromatic heterocycles. The second kappa shape index (κ2) is 10.2. The lowest BCUT2D eigenvalue weighted by atomic mass is 9.89. The van der Waals surface area contributed by atoms with Gasteiger partial charge in [0.1, 0.15) is 0 Å². The van der Waals surface area contributed by atoms with E-state index in [4.69, 9.17) is 9.97 Å². The molecule has 0 unspecified atom stereocenters. The van der Waals surface area contributed by atoms with Crippen LogP contribution in [-0.4, -0.2) is 40.9 Å². The largest absolute Gasteiger partial charge is 0.339 e. The second-order valence-electron chi connectivity index (χ2n) is 8.75. The number of fused-ring (bicyclic) bond motifs is 1. The van der Waals surface area contributed by atoms with E-state index in [-0.39, 0.29) is 5.91 Å². The number of carbonyl (C=O) groups is 1. The van der Waals surface area contributed by atoms with Gasteiger partial charge in [0.15, 0.2) is 5.82 Å². The smallest absolute Gasteiger partial charge is 0.247 e. The molecule has 0 radical (unpaired) electrons. The minimum Gasteiger partial charge on any atom is -0.339 e. The molecule has 2 aromatic carbocycles. The number of thiophene rings is 1. The van der Waals surface area contributed by atoms with Crippen molar-refractivity contribution in [3.05, 3.63) is 78.2 Å². The zero-order valence-corrected chi connectivity index (χ0v) is 20.4. The number of nitrogens with zero attached hydrogens (tertiary/aromatic N) is 3. The molecule has 0 saturated carbocycles. The number of likely N-dealkylation sites (tertiary alicyclic amines) is 1. The molecular weight excluding hydrogens is 456 g/mol. The van der Waals surface area contributed by atoms with Gasteiger partial charge in [-0.3, -0.25) is 4.79 Å². The number of amides is 1. The number of anilines is 5. The van der Waals surface area contributed by atoms with Gasteiger partial charge in [-0.25, -0.2) is 4.98 Å². The Labute approximate surface area is 208 Å². The average Bonchev–Trinajstić information content (AvgIpc) is 3.34. The van der Waals surface area contributed by atoms with Gasteiger partial charge in [0.2, 0.25) is 11.9 Å². The minimum absolute atomic E-state index is 0.252. The first-order valence-corrected chi connectivity index (χ1v) is 12.6. The molecular formula is C27H28N6OS. The van der Waals surface area contributed by atoms with E-state index >= 15 is 0 Å². The first-order valence-electron chi connectivity index (χ1n) is 11.7. The number of carbonyl (C=O) groups excluding carboxylic acids is 1. The van der Waals surface area contributed by atoms with E-state index in [0.29, 0.717) is 23.4 Å². The molecule has 35 heavy (non-hydrogen) atoms. The maximum atomic E-state index is 11.7. The number of benzene rings is 2. The van der Waals surface area contributed by atoms with Crippen LogP contribution in [0.4, 0.5) is 28.8 Å². The van der Waals surface area contributed by atoms with E-state index in [2.05, 4.69) is 58.7 Å². The number of nitrogens with one attached hydrogen (secondary N) is 3. The number of rotatable bonds is 7. The van der Waals surface area contributed by atoms with Crippen LogP contribution < -0.4 is 16.0 Å². The maximum absolute atomic E-state index is 11.7. The van der Waals surface area contributed by atoms with Crippen molar-refractivity contribution in [2.45, 2.75) is 18.8 Å². The predicted molar refractivity (Wildman–Crippen MR) is 145 cm³/mol. The second-order valence-corrected chi connectivity index (χ2v) is 9.67. The fraction of sp³-hybridized carbons (Fsp3) is 0.222. The molecule has 7 nitrogen and oxygen atoms in total. The number of piperidine rings is 1. The van der Waals surface area contributed by atoms with Crippen LogP contribution in [0.5, 0.6) is 0 Å². The molecule has 0 aliphatic carbocycles. The summed E-state index contributed by atoms with van der Waals surface area (Å²) in [5.74, 6) is 1.61. The Morgan fingerprint density at radius 2 is 1.80 bits per heavy atom. The Balaban J connectivity index is 1.35. The van der Waals surface area contributed by atoms with Crippen molar-refractivity contribution < 1.29 is 4.79 Å². The lowest BCUT2D eigenvalue weighted by molar-refractivity contribution is -0.111. The highest BCUT2D eigenvalue weighted by Gasteiger charge is 2.18. The molecule has 3 N–H and O–H groups in total. The van der Waals surface area contributed by atoms with E-state index in [1.165, 1.54) is 24.5 Å².